The molecule has 1 saturated carbocycles. The topological polar surface area (TPSA) is 26.3 Å². The van der Waals surface area contributed by atoms with Crippen molar-refractivity contribution in [3.05, 3.63) is 0 Å². The summed E-state index contributed by atoms with van der Waals surface area (Å²) in [6.45, 7) is 10.7. The van der Waals surface area contributed by atoms with Gasteiger partial charge in [0.1, 0.15) is 6.10 Å². The molecule has 0 spiro atoms. The Bertz CT molecular complexity index is 260. The first kappa shape index (κ1) is 15.5. The molecule has 0 heterocycles. The van der Waals surface area contributed by atoms with Gasteiger partial charge in [-0.15, -0.1) is 0 Å². The highest BCUT2D eigenvalue weighted by molar-refractivity contribution is 5.66. The van der Waals surface area contributed by atoms with Crippen LogP contribution in [0.2, 0.25) is 0 Å². The summed E-state index contributed by atoms with van der Waals surface area (Å²) in [6.07, 6.45) is 6.11. The summed E-state index contributed by atoms with van der Waals surface area (Å²) >= 11 is 0. The maximum Gasteiger partial charge on any atom is 0.302 e. The van der Waals surface area contributed by atoms with Gasteiger partial charge in [0.05, 0.1) is 0 Å². The molecule has 1 rings (SSSR count). The molecule has 0 radical (unpaired) electrons. The number of hydrogen-bond acceptors (Lipinski definition) is 2. The Morgan fingerprint density at radius 3 is 2.50 bits per heavy atom. The normalized spacial score (nSPS) is 30.2. The fourth-order valence-corrected chi connectivity index (χ4v) is 3.37. The zero-order valence-electron chi connectivity index (χ0n) is 12.7. The van der Waals surface area contributed by atoms with Crippen LogP contribution in [-0.2, 0) is 9.53 Å². The van der Waals surface area contributed by atoms with E-state index >= 15 is 0 Å². The van der Waals surface area contributed by atoms with Crippen molar-refractivity contribution in [3.8, 4) is 0 Å². The predicted molar refractivity (Wildman–Crippen MR) is 75.3 cm³/mol. The van der Waals surface area contributed by atoms with E-state index in [1.165, 1.54) is 26.2 Å². The summed E-state index contributed by atoms with van der Waals surface area (Å²) in [7, 11) is 0. The molecule has 1 aliphatic carbocycles. The fraction of sp³-hybridized carbons (Fsp3) is 0.938. The minimum Gasteiger partial charge on any atom is -0.462 e. The molecule has 0 N–H and O–H groups in total. The molecule has 2 nitrogen and oxygen atoms in total. The van der Waals surface area contributed by atoms with Gasteiger partial charge in [0, 0.05) is 6.92 Å². The van der Waals surface area contributed by atoms with Crippen molar-refractivity contribution < 1.29 is 9.53 Å². The van der Waals surface area contributed by atoms with E-state index in [1.807, 2.05) is 0 Å². The van der Waals surface area contributed by atoms with Gasteiger partial charge >= 0.3 is 5.97 Å². The predicted octanol–water partition coefficient (Wildman–Crippen LogP) is 4.43. The van der Waals surface area contributed by atoms with Crippen molar-refractivity contribution in [2.24, 2.45) is 23.7 Å². The van der Waals surface area contributed by atoms with E-state index in [0.717, 1.165) is 24.7 Å². The second kappa shape index (κ2) is 7.16. The van der Waals surface area contributed by atoms with E-state index in [-0.39, 0.29) is 12.1 Å². The van der Waals surface area contributed by atoms with Gasteiger partial charge in [0.2, 0.25) is 0 Å². The molecule has 0 aromatic rings. The van der Waals surface area contributed by atoms with E-state index < -0.39 is 0 Å². The number of hydrogen-bond donors (Lipinski definition) is 0. The molecule has 1 aliphatic rings. The molecule has 0 aliphatic heterocycles. The third kappa shape index (κ3) is 4.29. The minimum absolute atomic E-state index is 0.118. The summed E-state index contributed by atoms with van der Waals surface area (Å²) in [6, 6.07) is 0. The van der Waals surface area contributed by atoms with Crippen LogP contribution >= 0.6 is 0 Å². The molecule has 1 fully saturated rings. The van der Waals surface area contributed by atoms with Crippen molar-refractivity contribution in [1.82, 2.24) is 0 Å². The third-order valence-corrected chi connectivity index (χ3v) is 4.61. The van der Waals surface area contributed by atoms with E-state index in [4.69, 9.17) is 4.74 Å². The third-order valence-electron chi connectivity index (χ3n) is 4.61. The highest BCUT2D eigenvalue weighted by atomic mass is 16.5. The lowest BCUT2D eigenvalue weighted by Crippen LogP contribution is -2.36. The number of carbonyl (C=O) groups is 1. The van der Waals surface area contributed by atoms with E-state index in [9.17, 15) is 4.79 Å². The molecule has 106 valence electrons. The van der Waals surface area contributed by atoms with Gasteiger partial charge in [-0.05, 0) is 42.9 Å². The summed E-state index contributed by atoms with van der Waals surface area (Å²) in [4.78, 5) is 11.3. The summed E-state index contributed by atoms with van der Waals surface area (Å²) < 4.78 is 5.59. The standard InChI is InChI=1S/C16H30O2/c1-6-7-16(18-13(5)17)15-10-14(11(2)3)9-8-12(15)4/h11-12,14-16H,6-10H2,1-5H3/t12-,14+,15+,16+/m0/s1. The van der Waals surface area contributed by atoms with Gasteiger partial charge in [-0.3, -0.25) is 4.79 Å². The number of esters is 1. The summed E-state index contributed by atoms with van der Waals surface area (Å²) in [5.41, 5.74) is 0. The van der Waals surface area contributed by atoms with Crippen LogP contribution in [0.1, 0.15) is 66.7 Å². The highest BCUT2D eigenvalue weighted by Gasteiger charge is 2.35. The van der Waals surface area contributed by atoms with Gasteiger partial charge in [-0.1, -0.05) is 40.5 Å². The van der Waals surface area contributed by atoms with Gasteiger partial charge in [0.15, 0.2) is 0 Å². The molecule has 0 saturated heterocycles. The summed E-state index contributed by atoms with van der Waals surface area (Å²) in [5.74, 6) is 2.69. The first-order valence-corrected chi connectivity index (χ1v) is 7.62. The zero-order chi connectivity index (χ0) is 13.7. The molecule has 0 aromatic heterocycles. The largest absolute Gasteiger partial charge is 0.462 e. The Hall–Kier alpha value is -0.530. The van der Waals surface area contributed by atoms with Crippen molar-refractivity contribution in [2.75, 3.05) is 0 Å². The lowest BCUT2D eigenvalue weighted by atomic mass is 9.68. The fourth-order valence-electron chi connectivity index (χ4n) is 3.37. The Kier molecular flexibility index (Phi) is 6.17. The average molecular weight is 254 g/mol. The van der Waals surface area contributed by atoms with Gasteiger partial charge < -0.3 is 4.74 Å². The molecule has 0 aromatic carbocycles. The van der Waals surface area contributed by atoms with Crippen LogP contribution in [0, 0.1) is 23.7 Å². The minimum atomic E-state index is -0.118. The van der Waals surface area contributed by atoms with Crippen LogP contribution in [0.15, 0.2) is 0 Å². The molecule has 0 amide bonds. The molecule has 4 atom stereocenters. The number of rotatable bonds is 5. The monoisotopic (exact) mass is 254 g/mol. The number of carbonyl (C=O) groups excluding carboxylic acids is 1. The second-order valence-corrected chi connectivity index (χ2v) is 6.39. The van der Waals surface area contributed by atoms with Gasteiger partial charge in [-0.2, -0.15) is 0 Å². The average Bonchev–Trinajstić information content (AvgIpc) is 2.28. The molecule has 0 bridgehead atoms. The first-order chi connectivity index (χ1) is 8.45. The smallest absolute Gasteiger partial charge is 0.302 e. The number of ether oxygens (including phenoxy) is 1. The van der Waals surface area contributed by atoms with Crippen LogP contribution in [-0.4, -0.2) is 12.1 Å². The molecule has 2 heteroatoms. The van der Waals surface area contributed by atoms with E-state index in [0.29, 0.717) is 11.8 Å². The van der Waals surface area contributed by atoms with Crippen molar-refractivity contribution in [3.63, 3.8) is 0 Å². The molecular weight excluding hydrogens is 224 g/mol. The van der Waals surface area contributed by atoms with Crippen molar-refractivity contribution in [1.29, 1.82) is 0 Å². The highest BCUT2D eigenvalue weighted by Crippen LogP contribution is 2.40. The lowest BCUT2D eigenvalue weighted by Gasteiger charge is -2.40. The summed E-state index contributed by atoms with van der Waals surface area (Å²) in [5, 5.41) is 0. The van der Waals surface area contributed by atoms with E-state index in [1.54, 1.807) is 0 Å². The van der Waals surface area contributed by atoms with Crippen molar-refractivity contribution >= 4 is 5.97 Å². The van der Waals surface area contributed by atoms with Crippen LogP contribution < -0.4 is 0 Å². The Morgan fingerprint density at radius 2 is 2.00 bits per heavy atom. The second-order valence-electron chi connectivity index (χ2n) is 6.39. The molecule has 0 unspecified atom stereocenters. The van der Waals surface area contributed by atoms with Crippen LogP contribution in [0.5, 0.6) is 0 Å². The quantitative estimate of drug-likeness (QED) is 0.679. The van der Waals surface area contributed by atoms with Crippen LogP contribution in [0.3, 0.4) is 0 Å². The maximum atomic E-state index is 11.3. The van der Waals surface area contributed by atoms with Crippen LogP contribution in [0.25, 0.3) is 0 Å². The van der Waals surface area contributed by atoms with Gasteiger partial charge in [-0.25, -0.2) is 0 Å². The Morgan fingerprint density at radius 1 is 1.33 bits per heavy atom. The zero-order valence-corrected chi connectivity index (χ0v) is 12.7. The molecule has 18 heavy (non-hydrogen) atoms. The lowest BCUT2D eigenvalue weighted by molar-refractivity contribution is -0.152. The Labute approximate surface area is 112 Å². The first-order valence-electron chi connectivity index (χ1n) is 7.62. The molecular formula is C16H30O2. The van der Waals surface area contributed by atoms with Crippen LogP contribution in [0.4, 0.5) is 0 Å². The van der Waals surface area contributed by atoms with Crippen molar-refractivity contribution in [2.45, 2.75) is 72.8 Å². The SMILES string of the molecule is CCC[C@@H](OC(C)=O)[C@@H]1C[C@H](C(C)C)CC[C@@H]1C. The van der Waals surface area contributed by atoms with E-state index in [2.05, 4.69) is 27.7 Å². The van der Waals surface area contributed by atoms with Gasteiger partial charge in [0.25, 0.3) is 0 Å². The maximum absolute atomic E-state index is 11.3. The Balaban J connectivity index is 2.70.